The van der Waals surface area contributed by atoms with Gasteiger partial charge < -0.3 is 4.74 Å². The fraction of sp³-hybridized carbons (Fsp3) is 0.150. The van der Waals surface area contributed by atoms with E-state index in [1.165, 1.54) is 5.39 Å². The summed E-state index contributed by atoms with van der Waals surface area (Å²) in [4.78, 5) is 4.64. The van der Waals surface area contributed by atoms with Crippen LogP contribution in [-0.4, -0.2) is 12.8 Å². The quantitative estimate of drug-likeness (QED) is 0.543. The Bertz CT molecular complexity index is 871. The van der Waals surface area contributed by atoms with Gasteiger partial charge in [-0.25, -0.2) is 0 Å². The highest BCUT2D eigenvalue weighted by atomic mass is 35.5. The SMILES string of the molecule is CCOc1ccc2ccccc2c1C=Nc1cccc(Cl)c1C. The van der Waals surface area contributed by atoms with Crippen LogP contribution in [0.4, 0.5) is 5.69 Å². The molecular formula is C20H18ClNO. The van der Waals surface area contributed by atoms with E-state index in [-0.39, 0.29) is 0 Å². The van der Waals surface area contributed by atoms with E-state index in [0.717, 1.165) is 33.0 Å². The molecule has 0 aliphatic carbocycles. The molecule has 0 saturated heterocycles. The lowest BCUT2D eigenvalue weighted by Crippen LogP contribution is -1.97. The van der Waals surface area contributed by atoms with Crippen LogP contribution < -0.4 is 4.74 Å². The van der Waals surface area contributed by atoms with E-state index in [9.17, 15) is 0 Å². The number of nitrogens with zero attached hydrogens (tertiary/aromatic N) is 1. The van der Waals surface area contributed by atoms with E-state index >= 15 is 0 Å². The first kappa shape index (κ1) is 15.6. The number of halogens is 1. The second-order valence-electron chi connectivity index (χ2n) is 5.27. The third-order valence-electron chi connectivity index (χ3n) is 3.80. The molecule has 0 saturated carbocycles. The van der Waals surface area contributed by atoms with Gasteiger partial charge in [-0.05, 0) is 48.4 Å². The van der Waals surface area contributed by atoms with E-state index < -0.39 is 0 Å². The smallest absolute Gasteiger partial charge is 0.128 e. The Kier molecular flexibility index (Phi) is 4.63. The molecule has 0 atom stereocenters. The van der Waals surface area contributed by atoms with Crippen LogP contribution in [0.15, 0.2) is 59.6 Å². The Morgan fingerprint density at radius 2 is 1.87 bits per heavy atom. The average Bonchev–Trinajstić information content (AvgIpc) is 2.57. The molecule has 23 heavy (non-hydrogen) atoms. The minimum absolute atomic E-state index is 0.620. The molecule has 0 radical (unpaired) electrons. The van der Waals surface area contributed by atoms with Gasteiger partial charge in [-0.2, -0.15) is 0 Å². The number of ether oxygens (including phenoxy) is 1. The van der Waals surface area contributed by atoms with Crippen LogP contribution in [0.25, 0.3) is 10.8 Å². The van der Waals surface area contributed by atoms with Crippen LogP contribution >= 0.6 is 11.6 Å². The molecule has 116 valence electrons. The zero-order chi connectivity index (χ0) is 16.2. The van der Waals surface area contributed by atoms with Gasteiger partial charge in [0.05, 0.1) is 12.3 Å². The summed E-state index contributed by atoms with van der Waals surface area (Å²) in [6.45, 7) is 4.58. The van der Waals surface area contributed by atoms with Crippen LogP contribution in [-0.2, 0) is 0 Å². The molecule has 0 unspecified atom stereocenters. The second kappa shape index (κ2) is 6.84. The molecule has 0 heterocycles. The van der Waals surface area contributed by atoms with Crippen molar-refractivity contribution in [3.8, 4) is 5.75 Å². The minimum atomic E-state index is 0.620. The van der Waals surface area contributed by atoms with Crippen molar-refractivity contribution in [2.45, 2.75) is 13.8 Å². The number of aliphatic imine (C=N–C) groups is 1. The lowest BCUT2D eigenvalue weighted by molar-refractivity contribution is 0.340. The minimum Gasteiger partial charge on any atom is -0.493 e. The van der Waals surface area contributed by atoms with E-state index in [1.807, 2.05) is 56.5 Å². The molecule has 0 bridgehead atoms. The molecule has 3 aromatic rings. The van der Waals surface area contributed by atoms with Crippen molar-refractivity contribution in [3.05, 3.63) is 70.7 Å². The molecule has 0 aliphatic rings. The third kappa shape index (κ3) is 3.22. The number of hydrogen-bond acceptors (Lipinski definition) is 2. The number of rotatable bonds is 4. The Balaban J connectivity index is 2.12. The van der Waals surface area contributed by atoms with Gasteiger partial charge in [0.2, 0.25) is 0 Å². The van der Waals surface area contributed by atoms with Crippen LogP contribution in [0, 0.1) is 6.92 Å². The fourth-order valence-electron chi connectivity index (χ4n) is 2.56. The van der Waals surface area contributed by atoms with E-state index in [1.54, 1.807) is 0 Å². The van der Waals surface area contributed by atoms with Gasteiger partial charge in [-0.15, -0.1) is 0 Å². The molecule has 3 heteroatoms. The van der Waals surface area contributed by atoms with Crippen molar-refractivity contribution >= 4 is 34.3 Å². The molecule has 3 aromatic carbocycles. The molecule has 0 fully saturated rings. The van der Waals surface area contributed by atoms with E-state index in [4.69, 9.17) is 16.3 Å². The fourth-order valence-corrected chi connectivity index (χ4v) is 2.73. The first-order chi connectivity index (χ1) is 11.2. The molecule has 0 amide bonds. The van der Waals surface area contributed by atoms with Crippen molar-refractivity contribution in [3.63, 3.8) is 0 Å². The van der Waals surface area contributed by atoms with Crippen molar-refractivity contribution in [1.29, 1.82) is 0 Å². The van der Waals surface area contributed by atoms with Gasteiger partial charge in [0.15, 0.2) is 0 Å². The maximum absolute atomic E-state index is 6.17. The van der Waals surface area contributed by atoms with Crippen LogP contribution in [0.3, 0.4) is 0 Å². The van der Waals surface area contributed by atoms with Gasteiger partial charge in [0.1, 0.15) is 5.75 Å². The van der Waals surface area contributed by atoms with E-state index in [0.29, 0.717) is 6.61 Å². The summed E-state index contributed by atoms with van der Waals surface area (Å²) in [5, 5.41) is 3.02. The maximum atomic E-state index is 6.17. The molecule has 0 aromatic heterocycles. The summed E-state index contributed by atoms with van der Waals surface area (Å²) in [6.07, 6.45) is 1.87. The van der Waals surface area contributed by atoms with Gasteiger partial charge >= 0.3 is 0 Å². The number of fused-ring (bicyclic) bond motifs is 1. The number of hydrogen-bond donors (Lipinski definition) is 0. The average molecular weight is 324 g/mol. The normalized spacial score (nSPS) is 11.3. The number of benzene rings is 3. The van der Waals surface area contributed by atoms with Crippen LogP contribution in [0.2, 0.25) is 5.02 Å². The van der Waals surface area contributed by atoms with Crippen LogP contribution in [0.1, 0.15) is 18.1 Å². The van der Waals surface area contributed by atoms with Crippen molar-refractivity contribution < 1.29 is 4.74 Å². The summed E-state index contributed by atoms with van der Waals surface area (Å²) in [5.41, 5.74) is 2.83. The van der Waals surface area contributed by atoms with Crippen LogP contribution in [0.5, 0.6) is 5.75 Å². The Morgan fingerprint density at radius 1 is 1.04 bits per heavy atom. The largest absolute Gasteiger partial charge is 0.493 e. The zero-order valence-corrected chi connectivity index (χ0v) is 14.0. The predicted molar refractivity (Wildman–Crippen MR) is 98.6 cm³/mol. The molecular weight excluding hydrogens is 306 g/mol. The second-order valence-corrected chi connectivity index (χ2v) is 5.68. The Morgan fingerprint density at radius 3 is 2.70 bits per heavy atom. The summed E-state index contributed by atoms with van der Waals surface area (Å²) >= 11 is 6.17. The summed E-state index contributed by atoms with van der Waals surface area (Å²) < 4.78 is 5.77. The summed E-state index contributed by atoms with van der Waals surface area (Å²) in [7, 11) is 0. The van der Waals surface area contributed by atoms with Crippen molar-refractivity contribution in [2.75, 3.05) is 6.61 Å². The molecule has 0 aliphatic heterocycles. The van der Waals surface area contributed by atoms with Gasteiger partial charge in [0.25, 0.3) is 0 Å². The summed E-state index contributed by atoms with van der Waals surface area (Å²) in [6, 6.07) is 18.1. The maximum Gasteiger partial charge on any atom is 0.128 e. The molecule has 0 spiro atoms. The van der Waals surface area contributed by atoms with Gasteiger partial charge in [-0.1, -0.05) is 48.0 Å². The lowest BCUT2D eigenvalue weighted by atomic mass is 10.0. The highest BCUT2D eigenvalue weighted by Crippen LogP contribution is 2.29. The predicted octanol–water partition coefficient (Wildman–Crippen LogP) is 5.95. The van der Waals surface area contributed by atoms with E-state index in [2.05, 4.69) is 23.2 Å². The lowest BCUT2D eigenvalue weighted by Gasteiger charge is -2.10. The van der Waals surface area contributed by atoms with Crippen molar-refractivity contribution in [2.24, 2.45) is 4.99 Å². The van der Waals surface area contributed by atoms with Gasteiger partial charge in [-0.3, -0.25) is 4.99 Å². The first-order valence-corrected chi connectivity index (χ1v) is 8.02. The summed E-state index contributed by atoms with van der Waals surface area (Å²) in [5.74, 6) is 0.842. The molecule has 3 rings (SSSR count). The molecule has 2 nitrogen and oxygen atoms in total. The third-order valence-corrected chi connectivity index (χ3v) is 4.21. The van der Waals surface area contributed by atoms with Gasteiger partial charge in [0, 0.05) is 16.8 Å². The molecule has 0 N–H and O–H groups in total. The monoisotopic (exact) mass is 323 g/mol. The topological polar surface area (TPSA) is 21.6 Å². The first-order valence-electron chi connectivity index (χ1n) is 7.64. The highest BCUT2D eigenvalue weighted by Gasteiger charge is 2.07. The highest BCUT2D eigenvalue weighted by molar-refractivity contribution is 6.31. The Hall–Kier alpha value is -2.32. The zero-order valence-electron chi connectivity index (χ0n) is 13.2. The Labute approximate surface area is 141 Å². The van der Waals surface area contributed by atoms with Crippen molar-refractivity contribution in [1.82, 2.24) is 0 Å². The standard InChI is InChI=1S/C20H18ClNO/c1-3-23-20-12-11-15-7-4-5-8-16(15)17(20)13-22-19-10-6-9-18(21)14(19)2/h4-13H,3H2,1-2H3.